The number of carbonyl (C=O) groups is 1. The largest absolute Gasteiger partial charge is 0.469 e. The van der Waals surface area contributed by atoms with Gasteiger partial charge in [-0.25, -0.2) is 0 Å². The molecule has 0 bridgehead atoms. The van der Waals surface area contributed by atoms with Gasteiger partial charge in [-0.1, -0.05) is 12.2 Å². The Morgan fingerprint density at radius 3 is 2.76 bits per heavy atom. The molecule has 96 valence electrons. The van der Waals surface area contributed by atoms with E-state index in [1.807, 2.05) is 0 Å². The van der Waals surface area contributed by atoms with Gasteiger partial charge in [0.1, 0.15) is 5.92 Å². The molecule has 1 spiro atoms. The Hall–Kier alpha value is -0.910. The number of aliphatic hydroxyl groups excluding tert-OH is 1. The number of ether oxygens (including phenoxy) is 3. The maximum atomic E-state index is 11.8. The summed E-state index contributed by atoms with van der Waals surface area (Å²) < 4.78 is 15.9. The van der Waals surface area contributed by atoms with Crippen molar-refractivity contribution in [1.29, 1.82) is 0 Å². The Morgan fingerprint density at radius 2 is 2.18 bits per heavy atom. The molecule has 1 N–H and O–H groups in total. The second-order valence-electron chi connectivity index (χ2n) is 4.54. The Labute approximate surface area is 100 Å². The summed E-state index contributed by atoms with van der Waals surface area (Å²) in [5, 5.41) is 10.1. The van der Waals surface area contributed by atoms with Crippen molar-refractivity contribution in [2.45, 2.75) is 31.2 Å². The van der Waals surface area contributed by atoms with Gasteiger partial charge >= 0.3 is 5.97 Å². The van der Waals surface area contributed by atoms with E-state index in [-0.39, 0.29) is 0 Å². The van der Waals surface area contributed by atoms with Crippen molar-refractivity contribution in [2.75, 3.05) is 20.3 Å². The highest BCUT2D eigenvalue weighted by Gasteiger charge is 2.53. The van der Waals surface area contributed by atoms with Crippen molar-refractivity contribution in [2.24, 2.45) is 5.92 Å². The zero-order valence-corrected chi connectivity index (χ0v) is 9.98. The molecule has 0 amide bonds. The molecule has 0 aromatic heterocycles. The number of hydrogen-bond acceptors (Lipinski definition) is 5. The zero-order chi connectivity index (χ0) is 12.5. The van der Waals surface area contributed by atoms with E-state index in [0.717, 1.165) is 5.57 Å². The third kappa shape index (κ3) is 2.22. The molecule has 0 aromatic carbocycles. The molecular weight excluding hydrogens is 224 g/mol. The molecule has 2 rings (SSSR count). The van der Waals surface area contributed by atoms with Crippen LogP contribution in [0.5, 0.6) is 0 Å². The molecule has 1 aliphatic heterocycles. The highest BCUT2D eigenvalue weighted by Crippen LogP contribution is 2.41. The lowest BCUT2D eigenvalue weighted by atomic mass is 9.90. The van der Waals surface area contributed by atoms with Crippen LogP contribution in [0.2, 0.25) is 0 Å². The van der Waals surface area contributed by atoms with Gasteiger partial charge in [0.05, 0.1) is 26.4 Å². The van der Waals surface area contributed by atoms with Crippen LogP contribution < -0.4 is 0 Å². The van der Waals surface area contributed by atoms with Crippen LogP contribution in [0.25, 0.3) is 0 Å². The Balaban J connectivity index is 2.33. The van der Waals surface area contributed by atoms with Crippen molar-refractivity contribution in [1.82, 2.24) is 0 Å². The molecule has 5 heteroatoms. The summed E-state index contributed by atoms with van der Waals surface area (Å²) >= 11 is 0. The van der Waals surface area contributed by atoms with Crippen LogP contribution in [0.1, 0.15) is 19.3 Å². The first-order chi connectivity index (χ1) is 8.09. The SMILES string of the molecule is C=C1CC[C@@H](O)[C@@H](C(=O)OC)C2(C1)OCCO2. The second kappa shape index (κ2) is 4.76. The lowest BCUT2D eigenvalue weighted by Gasteiger charge is -2.34. The average molecular weight is 242 g/mol. The first-order valence-corrected chi connectivity index (χ1v) is 5.79. The normalized spacial score (nSPS) is 32.5. The Bertz CT molecular complexity index is 319. The van der Waals surface area contributed by atoms with Gasteiger partial charge in [-0.2, -0.15) is 0 Å². The quantitative estimate of drug-likeness (QED) is 0.539. The minimum Gasteiger partial charge on any atom is -0.469 e. The summed E-state index contributed by atoms with van der Waals surface area (Å²) in [6.45, 7) is 4.77. The van der Waals surface area contributed by atoms with Crippen molar-refractivity contribution in [3.8, 4) is 0 Å². The van der Waals surface area contributed by atoms with E-state index in [4.69, 9.17) is 14.2 Å². The second-order valence-corrected chi connectivity index (χ2v) is 4.54. The van der Waals surface area contributed by atoms with Crippen molar-refractivity contribution in [3.63, 3.8) is 0 Å². The van der Waals surface area contributed by atoms with Crippen molar-refractivity contribution < 1.29 is 24.1 Å². The van der Waals surface area contributed by atoms with E-state index in [1.54, 1.807) is 0 Å². The van der Waals surface area contributed by atoms with E-state index < -0.39 is 23.8 Å². The lowest BCUT2D eigenvalue weighted by Crippen LogP contribution is -2.49. The monoisotopic (exact) mass is 242 g/mol. The molecular formula is C12H18O5. The van der Waals surface area contributed by atoms with Crippen LogP contribution in [-0.2, 0) is 19.0 Å². The van der Waals surface area contributed by atoms with Gasteiger partial charge in [0, 0.05) is 6.42 Å². The molecule has 17 heavy (non-hydrogen) atoms. The summed E-state index contributed by atoms with van der Waals surface area (Å²) in [7, 11) is 1.30. The topological polar surface area (TPSA) is 65.0 Å². The molecule has 5 nitrogen and oxygen atoms in total. The van der Waals surface area contributed by atoms with Gasteiger partial charge in [-0.15, -0.1) is 0 Å². The number of rotatable bonds is 1. The molecule has 1 aliphatic carbocycles. The summed E-state index contributed by atoms with van der Waals surface area (Å²) in [6.07, 6.45) is 0.764. The van der Waals surface area contributed by atoms with Gasteiger partial charge in [0.2, 0.25) is 0 Å². The molecule has 0 radical (unpaired) electrons. The van der Waals surface area contributed by atoms with Crippen LogP contribution in [-0.4, -0.2) is 43.3 Å². The smallest absolute Gasteiger partial charge is 0.316 e. The number of aliphatic hydroxyl groups is 1. The van der Waals surface area contributed by atoms with Crippen LogP contribution in [0.3, 0.4) is 0 Å². The summed E-state index contributed by atoms with van der Waals surface area (Å²) in [4.78, 5) is 11.8. The zero-order valence-electron chi connectivity index (χ0n) is 9.98. The fraction of sp³-hybridized carbons (Fsp3) is 0.750. The van der Waals surface area contributed by atoms with Gasteiger partial charge in [-0.3, -0.25) is 4.79 Å². The van der Waals surface area contributed by atoms with Gasteiger partial charge in [0.15, 0.2) is 5.79 Å². The molecule has 2 atom stereocenters. The third-order valence-corrected chi connectivity index (χ3v) is 3.38. The van der Waals surface area contributed by atoms with E-state index in [0.29, 0.717) is 32.5 Å². The summed E-state index contributed by atoms with van der Waals surface area (Å²) in [5.74, 6) is -2.37. The number of methoxy groups -OCH3 is 1. The number of hydrogen-bond donors (Lipinski definition) is 1. The van der Waals surface area contributed by atoms with E-state index in [1.165, 1.54) is 7.11 Å². The molecule has 2 aliphatic rings. The van der Waals surface area contributed by atoms with E-state index >= 15 is 0 Å². The van der Waals surface area contributed by atoms with Gasteiger partial charge in [-0.05, 0) is 12.8 Å². The molecule has 0 unspecified atom stereocenters. The Kier molecular flexibility index (Phi) is 3.51. The highest BCUT2D eigenvalue weighted by atomic mass is 16.7. The van der Waals surface area contributed by atoms with Gasteiger partial charge in [0.25, 0.3) is 0 Å². The highest BCUT2D eigenvalue weighted by molar-refractivity contribution is 5.74. The van der Waals surface area contributed by atoms with E-state index in [9.17, 15) is 9.90 Å². The minimum absolute atomic E-state index is 0.424. The molecule has 1 saturated heterocycles. The van der Waals surface area contributed by atoms with Crippen LogP contribution in [0.15, 0.2) is 12.2 Å². The molecule has 1 heterocycles. The van der Waals surface area contributed by atoms with Gasteiger partial charge < -0.3 is 19.3 Å². The van der Waals surface area contributed by atoms with Crippen molar-refractivity contribution >= 4 is 5.97 Å². The van der Waals surface area contributed by atoms with Crippen LogP contribution >= 0.6 is 0 Å². The average Bonchev–Trinajstić information content (AvgIpc) is 2.70. The maximum Gasteiger partial charge on any atom is 0.316 e. The lowest BCUT2D eigenvalue weighted by molar-refractivity contribution is -0.221. The molecule has 0 aromatic rings. The van der Waals surface area contributed by atoms with Crippen LogP contribution in [0, 0.1) is 5.92 Å². The fourth-order valence-electron chi connectivity index (χ4n) is 2.57. The third-order valence-electron chi connectivity index (χ3n) is 3.38. The fourth-order valence-corrected chi connectivity index (χ4v) is 2.57. The summed E-state index contributed by atoms with van der Waals surface area (Å²) in [6, 6.07) is 0. The maximum absolute atomic E-state index is 11.8. The number of carbonyl (C=O) groups excluding carboxylic acids is 1. The first kappa shape index (κ1) is 12.5. The Morgan fingerprint density at radius 1 is 1.53 bits per heavy atom. The molecule has 2 fully saturated rings. The molecule has 1 saturated carbocycles. The van der Waals surface area contributed by atoms with Crippen LogP contribution in [0.4, 0.5) is 0 Å². The van der Waals surface area contributed by atoms with Crippen molar-refractivity contribution in [3.05, 3.63) is 12.2 Å². The number of esters is 1. The standard InChI is InChI=1S/C12H18O5/c1-8-3-4-9(13)10(11(14)15-2)12(7-8)16-5-6-17-12/h9-10,13H,1,3-7H2,2H3/t9-,10+/m1/s1. The first-order valence-electron chi connectivity index (χ1n) is 5.79. The predicted molar refractivity (Wildman–Crippen MR) is 59.1 cm³/mol. The minimum atomic E-state index is -1.08. The predicted octanol–water partition coefficient (Wildman–Crippen LogP) is 0.620. The summed E-state index contributed by atoms with van der Waals surface area (Å²) in [5.41, 5.74) is 0.928. The van der Waals surface area contributed by atoms with E-state index in [2.05, 4.69) is 6.58 Å².